The molecule has 7 nitrogen and oxygen atoms in total. The second kappa shape index (κ2) is 9.04. The summed E-state index contributed by atoms with van der Waals surface area (Å²) in [6, 6.07) is 10.2. The van der Waals surface area contributed by atoms with Crippen molar-refractivity contribution in [2.24, 2.45) is 0 Å². The molecule has 166 valence electrons. The van der Waals surface area contributed by atoms with Gasteiger partial charge in [-0.05, 0) is 69.4 Å². The summed E-state index contributed by atoms with van der Waals surface area (Å²) < 4.78 is 26.9. The maximum absolute atomic E-state index is 13.4. The Hall–Kier alpha value is -2.33. The van der Waals surface area contributed by atoms with Crippen LogP contribution in [0.2, 0.25) is 0 Å². The van der Waals surface area contributed by atoms with Crippen molar-refractivity contribution < 1.29 is 13.2 Å². The molecule has 0 radical (unpaired) electrons. The summed E-state index contributed by atoms with van der Waals surface area (Å²) in [5, 5.41) is 0.639. The van der Waals surface area contributed by atoms with Crippen molar-refractivity contribution in [1.29, 1.82) is 0 Å². The summed E-state index contributed by atoms with van der Waals surface area (Å²) in [6.45, 7) is 5.23. The molecular weight excluding hydrogens is 432 g/mol. The second-order valence-corrected chi connectivity index (χ2v) is 11.1. The quantitative estimate of drug-likeness (QED) is 0.540. The lowest BCUT2D eigenvalue weighted by atomic mass is 10.1. The van der Waals surface area contributed by atoms with E-state index < -0.39 is 10.0 Å². The first-order chi connectivity index (χ1) is 14.5. The summed E-state index contributed by atoms with van der Waals surface area (Å²) in [6.07, 6.45) is 0. The van der Waals surface area contributed by atoms with E-state index in [1.165, 1.54) is 37.6 Å². The molecule has 0 aliphatic carbocycles. The molecule has 1 aromatic heterocycles. The van der Waals surface area contributed by atoms with Crippen LogP contribution in [0.5, 0.6) is 0 Å². The van der Waals surface area contributed by atoms with Gasteiger partial charge in [-0.2, -0.15) is 0 Å². The van der Waals surface area contributed by atoms with Crippen molar-refractivity contribution in [3.8, 4) is 0 Å². The molecule has 0 saturated carbocycles. The van der Waals surface area contributed by atoms with Crippen LogP contribution in [0.4, 0.5) is 5.13 Å². The fourth-order valence-corrected chi connectivity index (χ4v) is 5.14. The number of sulfonamides is 1. The van der Waals surface area contributed by atoms with E-state index in [1.54, 1.807) is 17.0 Å². The Morgan fingerprint density at radius 2 is 1.65 bits per heavy atom. The van der Waals surface area contributed by atoms with Crippen molar-refractivity contribution in [3.05, 3.63) is 53.1 Å². The number of benzene rings is 2. The molecule has 0 spiro atoms. The van der Waals surface area contributed by atoms with Crippen LogP contribution in [0.1, 0.15) is 21.5 Å². The van der Waals surface area contributed by atoms with Gasteiger partial charge in [0.25, 0.3) is 5.91 Å². The smallest absolute Gasteiger partial charge is 0.260 e. The first-order valence-electron chi connectivity index (χ1n) is 9.87. The van der Waals surface area contributed by atoms with Crippen molar-refractivity contribution in [3.63, 3.8) is 0 Å². The molecule has 1 heterocycles. The van der Waals surface area contributed by atoms with Gasteiger partial charge < -0.3 is 4.90 Å². The largest absolute Gasteiger partial charge is 0.308 e. The summed E-state index contributed by atoms with van der Waals surface area (Å²) in [7, 11) is 3.32. The highest BCUT2D eigenvalue weighted by molar-refractivity contribution is 7.89. The Morgan fingerprint density at radius 1 is 1.00 bits per heavy atom. The summed E-state index contributed by atoms with van der Waals surface area (Å²) >= 11 is 1.50. The highest BCUT2D eigenvalue weighted by Crippen LogP contribution is 2.33. The Labute approximate surface area is 188 Å². The minimum Gasteiger partial charge on any atom is -0.308 e. The van der Waals surface area contributed by atoms with Crippen LogP contribution in [-0.4, -0.2) is 69.8 Å². The van der Waals surface area contributed by atoms with E-state index in [-0.39, 0.29) is 10.8 Å². The van der Waals surface area contributed by atoms with E-state index in [0.29, 0.717) is 23.8 Å². The summed E-state index contributed by atoms with van der Waals surface area (Å²) in [4.78, 5) is 22.0. The van der Waals surface area contributed by atoms with Crippen molar-refractivity contribution in [2.75, 3.05) is 46.2 Å². The second-order valence-electron chi connectivity index (χ2n) is 8.00. The maximum atomic E-state index is 13.4. The minimum atomic E-state index is -3.55. The molecule has 3 aromatic rings. The number of nitrogens with zero attached hydrogens (tertiary/aromatic N) is 4. The number of hydrogen-bond acceptors (Lipinski definition) is 6. The monoisotopic (exact) mass is 460 g/mol. The zero-order valence-electron chi connectivity index (χ0n) is 18.7. The van der Waals surface area contributed by atoms with E-state index in [0.717, 1.165) is 25.6 Å². The SMILES string of the molecule is Cc1cc(C)c2sc(N(CCN(C)C)C(=O)c3ccc(S(=O)(=O)N(C)C)cc3)nc2c1. The Morgan fingerprint density at radius 3 is 2.23 bits per heavy atom. The van der Waals surface area contributed by atoms with Crippen LogP contribution < -0.4 is 4.90 Å². The lowest BCUT2D eigenvalue weighted by molar-refractivity contribution is 0.0985. The van der Waals surface area contributed by atoms with Gasteiger partial charge >= 0.3 is 0 Å². The van der Waals surface area contributed by atoms with Crippen LogP contribution in [0, 0.1) is 13.8 Å². The number of fused-ring (bicyclic) bond motifs is 1. The number of amides is 1. The van der Waals surface area contributed by atoms with E-state index in [9.17, 15) is 13.2 Å². The number of hydrogen-bond donors (Lipinski definition) is 0. The Bertz CT molecular complexity index is 1200. The minimum absolute atomic E-state index is 0.153. The van der Waals surface area contributed by atoms with Crippen LogP contribution >= 0.6 is 11.3 Å². The average Bonchev–Trinajstić information content (AvgIpc) is 3.11. The maximum Gasteiger partial charge on any atom is 0.260 e. The summed E-state index contributed by atoms with van der Waals surface area (Å²) in [5.41, 5.74) is 3.57. The fraction of sp³-hybridized carbons (Fsp3) is 0.364. The summed E-state index contributed by atoms with van der Waals surface area (Å²) in [5.74, 6) is -0.205. The molecule has 0 bridgehead atoms. The lowest BCUT2D eigenvalue weighted by Gasteiger charge is -2.22. The zero-order valence-corrected chi connectivity index (χ0v) is 20.3. The molecule has 1 amide bonds. The topological polar surface area (TPSA) is 73.8 Å². The molecular formula is C22H28N4O3S2. The standard InChI is InChI=1S/C22H28N4O3S2/c1-15-13-16(2)20-19(14-15)23-22(30-20)26(12-11-24(3)4)21(27)17-7-9-18(10-8-17)31(28,29)25(5)6/h7-10,13-14H,11-12H2,1-6H3. The number of carbonyl (C=O) groups is 1. The lowest BCUT2D eigenvalue weighted by Crippen LogP contribution is -2.36. The van der Waals surface area contributed by atoms with E-state index in [4.69, 9.17) is 4.98 Å². The van der Waals surface area contributed by atoms with Gasteiger partial charge in [-0.3, -0.25) is 9.69 Å². The van der Waals surface area contributed by atoms with Crippen molar-refractivity contribution >= 4 is 42.6 Å². The van der Waals surface area contributed by atoms with Crippen LogP contribution in [0.3, 0.4) is 0 Å². The molecule has 0 aliphatic heterocycles. The van der Waals surface area contributed by atoms with Gasteiger partial charge in [-0.25, -0.2) is 17.7 Å². The molecule has 9 heteroatoms. The van der Waals surface area contributed by atoms with Crippen LogP contribution in [0.25, 0.3) is 10.2 Å². The number of rotatable bonds is 7. The molecule has 0 aliphatic rings. The van der Waals surface area contributed by atoms with Crippen LogP contribution in [0.15, 0.2) is 41.3 Å². The first kappa shape index (κ1) is 23.3. The number of thiazole rings is 1. The third kappa shape index (κ3) is 4.95. The highest BCUT2D eigenvalue weighted by atomic mass is 32.2. The molecule has 0 fully saturated rings. The Balaban J connectivity index is 1.99. The van der Waals surface area contributed by atoms with Gasteiger partial charge in [0.1, 0.15) is 0 Å². The molecule has 31 heavy (non-hydrogen) atoms. The fourth-order valence-electron chi connectivity index (χ4n) is 3.20. The Kier molecular flexibility index (Phi) is 6.80. The highest BCUT2D eigenvalue weighted by Gasteiger charge is 2.23. The van der Waals surface area contributed by atoms with Gasteiger partial charge in [-0.1, -0.05) is 17.4 Å². The normalized spacial score (nSPS) is 12.1. The third-order valence-corrected chi connectivity index (χ3v) is 7.99. The molecule has 0 N–H and O–H groups in total. The molecule has 0 atom stereocenters. The number of likely N-dealkylation sites (N-methyl/N-ethyl adjacent to an activating group) is 1. The van der Waals surface area contributed by atoms with Crippen molar-refractivity contribution in [2.45, 2.75) is 18.7 Å². The van der Waals surface area contributed by atoms with E-state index in [2.05, 4.69) is 6.07 Å². The van der Waals surface area contributed by atoms with E-state index >= 15 is 0 Å². The van der Waals surface area contributed by atoms with Gasteiger partial charge in [0.15, 0.2) is 5.13 Å². The van der Waals surface area contributed by atoms with Gasteiger partial charge in [0.2, 0.25) is 10.0 Å². The number of carbonyl (C=O) groups excluding carboxylic acids is 1. The number of aromatic nitrogens is 1. The predicted octanol–water partition coefficient (Wildman–Crippen LogP) is 3.37. The van der Waals surface area contributed by atoms with Gasteiger partial charge in [0.05, 0.1) is 15.1 Å². The number of anilines is 1. The van der Waals surface area contributed by atoms with Crippen LogP contribution in [-0.2, 0) is 10.0 Å². The van der Waals surface area contributed by atoms with Crippen molar-refractivity contribution in [1.82, 2.24) is 14.2 Å². The first-order valence-corrected chi connectivity index (χ1v) is 12.1. The zero-order chi connectivity index (χ0) is 22.9. The molecule has 3 rings (SSSR count). The predicted molar refractivity (Wildman–Crippen MR) is 127 cm³/mol. The molecule has 0 saturated heterocycles. The molecule has 0 unspecified atom stereocenters. The van der Waals surface area contributed by atoms with Gasteiger partial charge in [0, 0.05) is 32.7 Å². The third-order valence-electron chi connectivity index (χ3n) is 4.94. The molecule has 2 aromatic carbocycles. The van der Waals surface area contributed by atoms with E-state index in [1.807, 2.05) is 38.9 Å². The number of aryl methyl sites for hydroxylation is 2. The average molecular weight is 461 g/mol. The van der Waals surface area contributed by atoms with Gasteiger partial charge in [-0.15, -0.1) is 0 Å².